The Balaban J connectivity index is 2.57. The highest BCUT2D eigenvalue weighted by Crippen LogP contribution is 2.05. The molecule has 0 aromatic heterocycles. The number of primary amides is 1. The van der Waals surface area contributed by atoms with Crippen LogP contribution in [0.4, 0.5) is 4.39 Å². The van der Waals surface area contributed by atoms with E-state index in [0.717, 1.165) is 0 Å². The van der Waals surface area contributed by atoms with Gasteiger partial charge in [0, 0.05) is 0 Å². The summed E-state index contributed by atoms with van der Waals surface area (Å²) < 4.78 is 13.0. The molecule has 0 fully saturated rings. The summed E-state index contributed by atoms with van der Waals surface area (Å²) in [5.41, 5.74) is 5.74. The van der Waals surface area contributed by atoms with Gasteiger partial charge in [0.1, 0.15) is 11.9 Å². The summed E-state index contributed by atoms with van der Waals surface area (Å²) in [4.78, 5) is 22.9. The molecule has 0 unspecified atom stereocenters. The molecule has 1 atom stereocenters. The van der Waals surface area contributed by atoms with Gasteiger partial charge in [-0.25, -0.2) is 4.39 Å². The van der Waals surface area contributed by atoms with Crippen LogP contribution in [-0.4, -0.2) is 17.9 Å². The van der Waals surface area contributed by atoms with Gasteiger partial charge in [-0.15, -0.1) is 6.58 Å². The van der Waals surface area contributed by atoms with Crippen molar-refractivity contribution in [1.82, 2.24) is 5.32 Å². The zero-order chi connectivity index (χ0) is 14.3. The number of nitrogens with two attached hydrogens (primary N) is 1. The number of hydrogen-bond donors (Lipinski definition) is 2. The van der Waals surface area contributed by atoms with Crippen molar-refractivity contribution in [3.8, 4) is 0 Å². The average Bonchev–Trinajstić information content (AvgIpc) is 2.34. The molecule has 3 N–H and O–H groups in total. The van der Waals surface area contributed by atoms with E-state index >= 15 is 0 Å². The molecule has 4 nitrogen and oxygen atoms in total. The number of halogens is 1. The van der Waals surface area contributed by atoms with Gasteiger partial charge in [-0.3, -0.25) is 9.59 Å². The molecule has 0 aliphatic rings. The van der Waals surface area contributed by atoms with Crippen LogP contribution >= 0.6 is 0 Å². The first-order valence-corrected chi connectivity index (χ1v) is 5.97. The van der Waals surface area contributed by atoms with E-state index in [0.29, 0.717) is 18.4 Å². The van der Waals surface area contributed by atoms with Crippen LogP contribution in [0, 0.1) is 5.82 Å². The molecule has 0 saturated carbocycles. The second-order valence-corrected chi connectivity index (χ2v) is 4.20. The Morgan fingerprint density at radius 1 is 1.47 bits per heavy atom. The third-order valence-corrected chi connectivity index (χ3v) is 2.59. The number of rotatable bonds is 7. The average molecular weight is 264 g/mol. The number of allylic oxidation sites excluding steroid dienone is 1. The highest BCUT2D eigenvalue weighted by Gasteiger charge is 2.17. The Morgan fingerprint density at radius 3 is 2.79 bits per heavy atom. The van der Waals surface area contributed by atoms with E-state index < -0.39 is 17.8 Å². The molecular weight excluding hydrogens is 247 g/mol. The van der Waals surface area contributed by atoms with Crippen LogP contribution in [0.15, 0.2) is 36.9 Å². The van der Waals surface area contributed by atoms with Crippen molar-refractivity contribution in [2.75, 3.05) is 0 Å². The molecule has 0 aliphatic carbocycles. The molecule has 0 bridgehead atoms. The van der Waals surface area contributed by atoms with Crippen molar-refractivity contribution < 1.29 is 14.0 Å². The molecule has 0 radical (unpaired) electrons. The number of nitrogens with one attached hydrogen (secondary N) is 1. The predicted molar refractivity (Wildman–Crippen MR) is 70.7 cm³/mol. The highest BCUT2D eigenvalue weighted by atomic mass is 19.1. The molecule has 19 heavy (non-hydrogen) atoms. The maximum Gasteiger partial charge on any atom is 0.240 e. The third-order valence-electron chi connectivity index (χ3n) is 2.59. The van der Waals surface area contributed by atoms with E-state index in [-0.39, 0.29) is 12.3 Å². The largest absolute Gasteiger partial charge is 0.368 e. The van der Waals surface area contributed by atoms with Crippen LogP contribution in [0.2, 0.25) is 0 Å². The van der Waals surface area contributed by atoms with E-state index in [1.165, 1.54) is 18.2 Å². The normalized spacial score (nSPS) is 11.6. The molecule has 1 rings (SSSR count). The molecule has 0 spiro atoms. The number of carbonyl (C=O) groups excluding carboxylic acids is 2. The van der Waals surface area contributed by atoms with E-state index in [1.807, 2.05) is 0 Å². The molecule has 0 saturated heterocycles. The lowest BCUT2D eigenvalue weighted by molar-refractivity contribution is -0.127. The van der Waals surface area contributed by atoms with Crippen LogP contribution in [-0.2, 0) is 16.0 Å². The fraction of sp³-hybridized carbons (Fsp3) is 0.286. The Morgan fingerprint density at radius 2 is 2.21 bits per heavy atom. The molecule has 2 amide bonds. The summed E-state index contributed by atoms with van der Waals surface area (Å²) in [6.45, 7) is 3.54. The second kappa shape index (κ2) is 7.31. The zero-order valence-corrected chi connectivity index (χ0v) is 10.6. The first-order chi connectivity index (χ1) is 9.02. The monoisotopic (exact) mass is 264 g/mol. The molecular formula is C14H17FN2O2. The van der Waals surface area contributed by atoms with Gasteiger partial charge < -0.3 is 11.1 Å². The van der Waals surface area contributed by atoms with Crippen LogP contribution in [0.25, 0.3) is 0 Å². The van der Waals surface area contributed by atoms with Gasteiger partial charge in [-0.05, 0) is 30.5 Å². The van der Waals surface area contributed by atoms with Gasteiger partial charge in [-0.1, -0.05) is 18.2 Å². The van der Waals surface area contributed by atoms with E-state index in [2.05, 4.69) is 11.9 Å². The van der Waals surface area contributed by atoms with E-state index in [4.69, 9.17) is 5.73 Å². The Labute approximate surface area is 111 Å². The van der Waals surface area contributed by atoms with Crippen LogP contribution < -0.4 is 11.1 Å². The summed E-state index contributed by atoms with van der Waals surface area (Å²) in [5, 5.41) is 2.54. The summed E-state index contributed by atoms with van der Waals surface area (Å²) >= 11 is 0. The quantitative estimate of drug-likeness (QED) is 0.729. The van der Waals surface area contributed by atoms with Crippen molar-refractivity contribution >= 4 is 11.8 Å². The van der Waals surface area contributed by atoms with Crippen molar-refractivity contribution in [3.05, 3.63) is 48.3 Å². The minimum absolute atomic E-state index is 0.00955. The SMILES string of the molecule is C=CCC[C@H](NC(=O)Cc1cccc(F)c1)C(N)=O. The van der Waals surface area contributed by atoms with Gasteiger partial charge >= 0.3 is 0 Å². The lowest BCUT2D eigenvalue weighted by atomic mass is 10.1. The van der Waals surface area contributed by atoms with E-state index in [1.54, 1.807) is 12.1 Å². The minimum Gasteiger partial charge on any atom is -0.368 e. The van der Waals surface area contributed by atoms with Crippen LogP contribution in [0.1, 0.15) is 18.4 Å². The Kier molecular flexibility index (Phi) is 5.73. The van der Waals surface area contributed by atoms with Gasteiger partial charge in [0.2, 0.25) is 11.8 Å². The van der Waals surface area contributed by atoms with Crippen LogP contribution in [0.5, 0.6) is 0 Å². The van der Waals surface area contributed by atoms with Gasteiger partial charge in [0.15, 0.2) is 0 Å². The maximum absolute atomic E-state index is 13.0. The first-order valence-electron chi connectivity index (χ1n) is 5.97. The van der Waals surface area contributed by atoms with Crippen molar-refractivity contribution in [3.63, 3.8) is 0 Å². The fourth-order valence-corrected chi connectivity index (χ4v) is 1.65. The topological polar surface area (TPSA) is 72.2 Å². The molecule has 5 heteroatoms. The van der Waals surface area contributed by atoms with Gasteiger partial charge in [0.05, 0.1) is 6.42 Å². The molecule has 0 heterocycles. The molecule has 0 aliphatic heterocycles. The van der Waals surface area contributed by atoms with Crippen molar-refractivity contribution in [2.24, 2.45) is 5.73 Å². The maximum atomic E-state index is 13.0. The standard InChI is InChI=1S/C14H17FN2O2/c1-2-3-7-12(14(16)19)17-13(18)9-10-5-4-6-11(15)8-10/h2,4-6,8,12H,1,3,7,9H2,(H2,16,19)(H,17,18)/t12-/m0/s1. The number of amides is 2. The summed E-state index contributed by atoms with van der Waals surface area (Å²) in [6, 6.07) is 5.03. The van der Waals surface area contributed by atoms with Gasteiger partial charge in [-0.2, -0.15) is 0 Å². The third kappa shape index (κ3) is 5.33. The Hall–Kier alpha value is -2.17. The summed E-state index contributed by atoms with van der Waals surface area (Å²) in [6.07, 6.45) is 2.64. The fourth-order valence-electron chi connectivity index (χ4n) is 1.65. The first kappa shape index (κ1) is 14.9. The highest BCUT2D eigenvalue weighted by molar-refractivity contribution is 5.87. The predicted octanol–water partition coefficient (Wildman–Crippen LogP) is 1.30. The Bertz CT molecular complexity index is 474. The second-order valence-electron chi connectivity index (χ2n) is 4.20. The minimum atomic E-state index is -0.723. The van der Waals surface area contributed by atoms with Crippen molar-refractivity contribution in [2.45, 2.75) is 25.3 Å². The number of benzene rings is 1. The molecule has 1 aromatic carbocycles. The van der Waals surface area contributed by atoms with E-state index in [9.17, 15) is 14.0 Å². The lowest BCUT2D eigenvalue weighted by Gasteiger charge is -2.14. The number of hydrogen-bond acceptors (Lipinski definition) is 2. The smallest absolute Gasteiger partial charge is 0.240 e. The molecule has 102 valence electrons. The van der Waals surface area contributed by atoms with Crippen LogP contribution in [0.3, 0.4) is 0 Å². The molecule has 1 aromatic rings. The number of carbonyl (C=O) groups is 2. The van der Waals surface area contributed by atoms with Crippen molar-refractivity contribution in [1.29, 1.82) is 0 Å². The zero-order valence-electron chi connectivity index (χ0n) is 10.6. The summed E-state index contributed by atoms with van der Waals surface area (Å²) in [7, 11) is 0. The summed E-state index contributed by atoms with van der Waals surface area (Å²) in [5.74, 6) is -1.35. The lowest BCUT2D eigenvalue weighted by Crippen LogP contribution is -2.44. The van der Waals surface area contributed by atoms with Gasteiger partial charge in [0.25, 0.3) is 0 Å².